The van der Waals surface area contributed by atoms with Crippen molar-refractivity contribution in [3.8, 4) is 11.3 Å². The highest BCUT2D eigenvalue weighted by atomic mass is 35.5. The van der Waals surface area contributed by atoms with E-state index in [2.05, 4.69) is 20.0 Å². The Morgan fingerprint density at radius 3 is 2.71 bits per heavy atom. The largest absolute Gasteiger partial charge is 0.392 e. The number of amides is 1. The van der Waals surface area contributed by atoms with Gasteiger partial charge in [-0.25, -0.2) is 4.98 Å². The van der Waals surface area contributed by atoms with Gasteiger partial charge in [0.1, 0.15) is 0 Å². The summed E-state index contributed by atoms with van der Waals surface area (Å²) in [6.45, 7) is 2.40. The number of nitrogens with zero attached hydrogens (tertiary/aromatic N) is 3. The van der Waals surface area contributed by atoms with Gasteiger partial charge >= 0.3 is 0 Å². The number of thiazole rings is 1. The Balaban J connectivity index is 0.00000253. The second-order valence-corrected chi connectivity index (χ2v) is 9.58. The van der Waals surface area contributed by atoms with Crippen LogP contribution in [0.4, 0.5) is 5.69 Å². The molecular formula is C27H25ClN4O2S. The Morgan fingerprint density at radius 2 is 1.89 bits per heavy atom. The predicted octanol–water partition coefficient (Wildman–Crippen LogP) is 5.46. The van der Waals surface area contributed by atoms with Gasteiger partial charge in [-0.1, -0.05) is 48.5 Å². The van der Waals surface area contributed by atoms with Crippen LogP contribution in [0.2, 0.25) is 0 Å². The number of nitrogens with one attached hydrogen (secondary N) is 1. The second kappa shape index (κ2) is 9.79. The maximum Gasteiger partial charge on any atom is 0.255 e. The van der Waals surface area contributed by atoms with Gasteiger partial charge in [0, 0.05) is 48.0 Å². The fourth-order valence-electron chi connectivity index (χ4n) is 4.60. The molecule has 3 heterocycles. The number of hydrogen-bond donors (Lipinski definition) is 2. The molecule has 1 atom stereocenters. The number of halogens is 1. The first-order valence-electron chi connectivity index (χ1n) is 11.4. The van der Waals surface area contributed by atoms with Crippen LogP contribution in [0.3, 0.4) is 0 Å². The van der Waals surface area contributed by atoms with E-state index in [1.54, 1.807) is 11.3 Å². The first-order valence-corrected chi connectivity index (χ1v) is 12.3. The van der Waals surface area contributed by atoms with Gasteiger partial charge in [0.25, 0.3) is 5.91 Å². The first kappa shape index (κ1) is 23.5. The van der Waals surface area contributed by atoms with E-state index in [1.165, 1.54) is 0 Å². The lowest BCUT2D eigenvalue weighted by molar-refractivity contribution is 0.102. The molecule has 1 unspecified atom stereocenters. The molecule has 0 spiro atoms. The zero-order valence-electron chi connectivity index (χ0n) is 18.9. The number of fused-ring (bicyclic) bond motifs is 2. The number of imidazole rings is 1. The van der Waals surface area contributed by atoms with Crippen molar-refractivity contribution in [3.63, 3.8) is 0 Å². The number of aromatic nitrogens is 2. The lowest BCUT2D eigenvalue weighted by atomic mass is 10.1. The molecule has 0 aliphatic carbocycles. The molecule has 1 saturated heterocycles. The number of hydrogen-bond acceptors (Lipinski definition) is 5. The maximum atomic E-state index is 13.1. The lowest BCUT2D eigenvalue weighted by Gasteiger charge is -2.13. The molecule has 6 rings (SSSR count). The number of anilines is 1. The SMILES string of the molecule is Cl.O=C(Nc1ccccc1-c1cn2c(CN3CCC(O)C3)csc2n1)c1ccc2ccccc2c1. The fourth-order valence-corrected chi connectivity index (χ4v) is 5.46. The minimum atomic E-state index is -0.231. The van der Waals surface area contributed by atoms with Gasteiger partial charge in [-0.05, 0) is 35.4 Å². The summed E-state index contributed by atoms with van der Waals surface area (Å²) in [5, 5.41) is 17.2. The molecule has 0 radical (unpaired) electrons. The Hall–Kier alpha value is -3.23. The number of likely N-dealkylation sites (tertiary alicyclic amines) is 1. The van der Waals surface area contributed by atoms with Crippen LogP contribution in [0.15, 0.2) is 78.3 Å². The molecule has 1 fully saturated rings. The molecule has 5 aromatic rings. The van der Waals surface area contributed by atoms with Crippen LogP contribution in [0, 0.1) is 0 Å². The van der Waals surface area contributed by atoms with E-state index >= 15 is 0 Å². The van der Waals surface area contributed by atoms with Gasteiger partial charge < -0.3 is 10.4 Å². The molecule has 6 nitrogen and oxygen atoms in total. The van der Waals surface area contributed by atoms with Crippen LogP contribution < -0.4 is 5.32 Å². The topological polar surface area (TPSA) is 69.9 Å². The number of rotatable bonds is 5. The summed E-state index contributed by atoms with van der Waals surface area (Å²) < 4.78 is 2.12. The molecule has 1 aliphatic heterocycles. The van der Waals surface area contributed by atoms with Crippen LogP contribution in [0.5, 0.6) is 0 Å². The smallest absolute Gasteiger partial charge is 0.255 e. The van der Waals surface area contributed by atoms with Crippen LogP contribution in [-0.4, -0.2) is 44.5 Å². The Bertz CT molecular complexity index is 1510. The minimum absolute atomic E-state index is 0. The van der Waals surface area contributed by atoms with Crippen molar-refractivity contribution < 1.29 is 9.90 Å². The zero-order valence-corrected chi connectivity index (χ0v) is 20.6. The number of para-hydroxylation sites is 1. The summed E-state index contributed by atoms with van der Waals surface area (Å²) in [6.07, 6.45) is 2.63. The molecule has 2 aromatic heterocycles. The fraction of sp³-hybridized carbons (Fsp3) is 0.185. The van der Waals surface area contributed by atoms with Crippen molar-refractivity contribution in [2.45, 2.75) is 19.1 Å². The van der Waals surface area contributed by atoms with E-state index in [1.807, 2.05) is 72.9 Å². The van der Waals surface area contributed by atoms with E-state index in [-0.39, 0.29) is 24.4 Å². The molecule has 3 aromatic carbocycles. The third-order valence-corrected chi connectivity index (χ3v) is 7.27. The monoisotopic (exact) mass is 504 g/mol. The minimum Gasteiger partial charge on any atom is -0.392 e. The normalized spacial score (nSPS) is 16.0. The molecule has 178 valence electrons. The Labute approximate surface area is 213 Å². The third-order valence-electron chi connectivity index (χ3n) is 6.38. The highest BCUT2D eigenvalue weighted by Gasteiger charge is 2.22. The van der Waals surface area contributed by atoms with E-state index in [9.17, 15) is 9.90 Å². The van der Waals surface area contributed by atoms with Crippen LogP contribution >= 0.6 is 23.7 Å². The van der Waals surface area contributed by atoms with Gasteiger partial charge in [-0.3, -0.25) is 14.1 Å². The molecular weight excluding hydrogens is 480 g/mol. The maximum absolute atomic E-state index is 13.1. The van der Waals surface area contributed by atoms with Gasteiger partial charge in [0.05, 0.1) is 17.5 Å². The average molecular weight is 505 g/mol. The quantitative estimate of drug-likeness (QED) is 0.333. The third kappa shape index (κ3) is 4.68. The van der Waals surface area contributed by atoms with E-state index in [0.29, 0.717) is 12.1 Å². The summed E-state index contributed by atoms with van der Waals surface area (Å²) in [7, 11) is 0. The number of carbonyl (C=O) groups excluding carboxylic acids is 1. The highest BCUT2D eigenvalue weighted by molar-refractivity contribution is 7.15. The van der Waals surface area contributed by atoms with Crippen molar-refractivity contribution in [1.82, 2.24) is 14.3 Å². The van der Waals surface area contributed by atoms with Crippen LogP contribution in [-0.2, 0) is 6.54 Å². The van der Waals surface area contributed by atoms with E-state index in [4.69, 9.17) is 4.98 Å². The van der Waals surface area contributed by atoms with Crippen LogP contribution in [0.25, 0.3) is 27.0 Å². The molecule has 0 saturated carbocycles. The summed E-state index contributed by atoms with van der Waals surface area (Å²) in [6, 6.07) is 21.5. The van der Waals surface area contributed by atoms with Crippen molar-refractivity contribution in [2.24, 2.45) is 0 Å². The molecule has 1 amide bonds. The van der Waals surface area contributed by atoms with E-state index < -0.39 is 0 Å². The summed E-state index contributed by atoms with van der Waals surface area (Å²) in [4.78, 5) is 21.1. The van der Waals surface area contributed by atoms with Gasteiger partial charge in [0.15, 0.2) is 4.96 Å². The average Bonchev–Trinajstić information content (AvgIpc) is 3.56. The van der Waals surface area contributed by atoms with Gasteiger partial charge in [-0.15, -0.1) is 23.7 Å². The van der Waals surface area contributed by atoms with E-state index in [0.717, 1.165) is 57.9 Å². The molecule has 1 aliphatic rings. The standard InChI is InChI=1S/C27H24N4O2S.ClH/c32-22-11-12-30(15-22)14-21-17-34-27-29-25(16-31(21)27)23-7-3-4-8-24(23)28-26(33)20-10-9-18-5-1-2-6-19(18)13-20;/h1-10,13,16-17,22,32H,11-12,14-15H2,(H,28,33);1H. The number of aliphatic hydroxyl groups is 1. The number of aliphatic hydroxyl groups excluding tert-OH is 1. The van der Waals surface area contributed by atoms with Gasteiger partial charge in [0.2, 0.25) is 0 Å². The predicted molar refractivity (Wildman–Crippen MR) is 144 cm³/mol. The Kier molecular flexibility index (Phi) is 6.58. The number of carbonyl (C=O) groups is 1. The number of β-amino-alcohol motifs (C(OH)–C–C–N with tert-alkyl or cyclic N) is 1. The van der Waals surface area contributed by atoms with Crippen molar-refractivity contribution in [3.05, 3.63) is 89.6 Å². The molecule has 0 bridgehead atoms. The van der Waals surface area contributed by atoms with Crippen molar-refractivity contribution in [1.29, 1.82) is 0 Å². The van der Waals surface area contributed by atoms with Gasteiger partial charge in [-0.2, -0.15) is 0 Å². The Morgan fingerprint density at radius 1 is 1.09 bits per heavy atom. The summed E-state index contributed by atoms with van der Waals surface area (Å²) >= 11 is 1.61. The second-order valence-electron chi connectivity index (χ2n) is 8.75. The highest BCUT2D eigenvalue weighted by Crippen LogP contribution is 2.30. The van der Waals surface area contributed by atoms with Crippen molar-refractivity contribution in [2.75, 3.05) is 18.4 Å². The first-order chi connectivity index (χ1) is 16.6. The van der Waals surface area contributed by atoms with Crippen LogP contribution in [0.1, 0.15) is 22.5 Å². The zero-order chi connectivity index (χ0) is 23.1. The lowest BCUT2D eigenvalue weighted by Crippen LogP contribution is -2.22. The molecule has 8 heteroatoms. The molecule has 2 N–H and O–H groups in total. The summed E-state index contributed by atoms with van der Waals surface area (Å²) in [5.74, 6) is -0.146. The number of benzene rings is 3. The van der Waals surface area contributed by atoms with Crippen molar-refractivity contribution >= 4 is 51.1 Å². The summed E-state index contributed by atoms with van der Waals surface area (Å²) in [5.41, 5.74) is 4.22. The molecule has 35 heavy (non-hydrogen) atoms.